The molecule has 5 heteroatoms. The Balaban J connectivity index is 2.38. The smallest absolute Gasteiger partial charge is 0.197 e. The summed E-state index contributed by atoms with van der Waals surface area (Å²) in [6.07, 6.45) is 1.74. The molecule has 2 heterocycles. The van der Waals surface area contributed by atoms with Gasteiger partial charge in [0.25, 0.3) is 0 Å². The first-order valence-corrected chi connectivity index (χ1v) is 6.56. The largest absolute Gasteiger partial charge is 0.458 e. The average molecular weight is 260 g/mol. The molecule has 0 radical (unpaired) electrons. The fourth-order valence-electron chi connectivity index (χ4n) is 1.89. The van der Waals surface area contributed by atoms with Crippen LogP contribution in [0.4, 0.5) is 5.82 Å². The Morgan fingerprint density at radius 2 is 2.11 bits per heavy atom. The lowest BCUT2D eigenvalue weighted by Gasteiger charge is -2.08. The highest BCUT2D eigenvalue weighted by Gasteiger charge is 2.11. The summed E-state index contributed by atoms with van der Waals surface area (Å²) < 4.78 is 5.68. The maximum Gasteiger partial charge on any atom is 0.197 e. The summed E-state index contributed by atoms with van der Waals surface area (Å²) in [4.78, 5) is 8.88. The molecule has 2 rings (SSSR count). The third-order valence-electron chi connectivity index (χ3n) is 2.77. The first-order valence-electron chi connectivity index (χ1n) is 6.56. The molecule has 3 N–H and O–H groups in total. The maximum absolute atomic E-state index is 5.68. The van der Waals surface area contributed by atoms with E-state index in [9.17, 15) is 0 Å². The number of aryl methyl sites for hydroxylation is 1. The Kier molecular flexibility index (Phi) is 4.16. The molecule has 0 saturated heterocycles. The normalized spacial score (nSPS) is 11.0. The molecule has 0 bridgehead atoms. The topological polar surface area (TPSA) is 77.0 Å². The van der Waals surface area contributed by atoms with E-state index < -0.39 is 0 Å². The van der Waals surface area contributed by atoms with E-state index >= 15 is 0 Å². The van der Waals surface area contributed by atoms with Gasteiger partial charge in [-0.2, -0.15) is 0 Å². The standard InChI is InChI=1S/C14H20N4O/c1-4-11-5-6-12(19-11)14-16-10(7-9(2)3)8-13(17-14)18-15/h5-6,8-9H,4,7,15H2,1-3H3,(H,16,17,18). The second-order valence-corrected chi connectivity index (χ2v) is 4.93. The maximum atomic E-state index is 5.68. The molecule has 0 saturated carbocycles. The number of rotatable bonds is 5. The third-order valence-corrected chi connectivity index (χ3v) is 2.77. The Hall–Kier alpha value is -1.88. The number of hydrogen-bond acceptors (Lipinski definition) is 5. The molecule has 5 nitrogen and oxygen atoms in total. The Labute approximate surface area is 113 Å². The van der Waals surface area contributed by atoms with Crippen LogP contribution < -0.4 is 11.3 Å². The second-order valence-electron chi connectivity index (χ2n) is 4.93. The molecule has 0 unspecified atom stereocenters. The highest BCUT2D eigenvalue weighted by molar-refractivity contribution is 5.51. The van der Waals surface area contributed by atoms with Gasteiger partial charge in [0.05, 0.1) is 0 Å². The molecule has 2 aromatic rings. The van der Waals surface area contributed by atoms with Crippen LogP contribution in [-0.4, -0.2) is 9.97 Å². The number of nitrogens with zero attached hydrogens (tertiary/aromatic N) is 2. The highest BCUT2D eigenvalue weighted by Crippen LogP contribution is 2.21. The van der Waals surface area contributed by atoms with Crippen LogP contribution in [0.1, 0.15) is 32.2 Å². The van der Waals surface area contributed by atoms with Gasteiger partial charge in [0, 0.05) is 18.2 Å². The van der Waals surface area contributed by atoms with Gasteiger partial charge in [-0.1, -0.05) is 20.8 Å². The van der Waals surface area contributed by atoms with Gasteiger partial charge in [0.15, 0.2) is 11.6 Å². The van der Waals surface area contributed by atoms with E-state index in [1.807, 2.05) is 25.1 Å². The van der Waals surface area contributed by atoms with Gasteiger partial charge in [-0.25, -0.2) is 15.8 Å². The monoisotopic (exact) mass is 260 g/mol. The van der Waals surface area contributed by atoms with Gasteiger partial charge in [0.2, 0.25) is 0 Å². The molecule has 0 aliphatic heterocycles. The Morgan fingerprint density at radius 3 is 2.68 bits per heavy atom. The predicted molar refractivity (Wildman–Crippen MR) is 75.5 cm³/mol. The summed E-state index contributed by atoms with van der Waals surface area (Å²) in [6, 6.07) is 5.71. The minimum Gasteiger partial charge on any atom is -0.458 e. The summed E-state index contributed by atoms with van der Waals surface area (Å²) >= 11 is 0. The average Bonchev–Trinajstić information content (AvgIpc) is 2.86. The van der Waals surface area contributed by atoms with Crippen molar-refractivity contribution in [3.8, 4) is 11.6 Å². The summed E-state index contributed by atoms with van der Waals surface area (Å²) in [5.41, 5.74) is 3.54. The number of nitrogens with one attached hydrogen (secondary N) is 1. The molecule has 19 heavy (non-hydrogen) atoms. The van der Waals surface area contributed by atoms with Crippen molar-refractivity contribution < 1.29 is 4.42 Å². The zero-order valence-corrected chi connectivity index (χ0v) is 11.6. The van der Waals surface area contributed by atoms with Crippen LogP contribution in [-0.2, 0) is 12.8 Å². The van der Waals surface area contributed by atoms with Crippen molar-refractivity contribution in [2.45, 2.75) is 33.6 Å². The van der Waals surface area contributed by atoms with E-state index in [0.717, 1.165) is 24.3 Å². The molecule has 2 aromatic heterocycles. The van der Waals surface area contributed by atoms with Crippen LogP contribution in [0.25, 0.3) is 11.6 Å². The van der Waals surface area contributed by atoms with Crippen LogP contribution in [0.5, 0.6) is 0 Å². The summed E-state index contributed by atoms with van der Waals surface area (Å²) in [5.74, 6) is 8.77. The quantitative estimate of drug-likeness (QED) is 0.638. The van der Waals surface area contributed by atoms with Crippen molar-refractivity contribution in [3.63, 3.8) is 0 Å². The van der Waals surface area contributed by atoms with E-state index in [-0.39, 0.29) is 0 Å². The number of nitrogens with two attached hydrogens (primary N) is 1. The van der Waals surface area contributed by atoms with Crippen molar-refractivity contribution >= 4 is 5.82 Å². The second kappa shape index (κ2) is 5.84. The molecule has 0 fully saturated rings. The molecule has 0 spiro atoms. The number of hydrogen-bond donors (Lipinski definition) is 2. The number of furan rings is 1. The van der Waals surface area contributed by atoms with Gasteiger partial charge in [-0.15, -0.1) is 0 Å². The number of anilines is 1. The van der Waals surface area contributed by atoms with E-state index in [0.29, 0.717) is 23.3 Å². The first-order chi connectivity index (χ1) is 9.12. The van der Waals surface area contributed by atoms with Crippen molar-refractivity contribution in [2.75, 3.05) is 5.43 Å². The van der Waals surface area contributed by atoms with Crippen molar-refractivity contribution in [1.82, 2.24) is 9.97 Å². The molecule has 0 atom stereocenters. The van der Waals surface area contributed by atoms with Crippen molar-refractivity contribution in [2.24, 2.45) is 11.8 Å². The minimum atomic E-state index is 0.524. The van der Waals surface area contributed by atoms with E-state index in [2.05, 4.69) is 29.2 Å². The lowest BCUT2D eigenvalue weighted by Crippen LogP contribution is -2.11. The lowest BCUT2D eigenvalue weighted by atomic mass is 10.1. The van der Waals surface area contributed by atoms with Crippen LogP contribution in [0, 0.1) is 5.92 Å². The summed E-state index contributed by atoms with van der Waals surface area (Å²) in [7, 11) is 0. The zero-order valence-electron chi connectivity index (χ0n) is 11.6. The van der Waals surface area contributed by atoms with Crippen molar-refractivity contribution in [3.05, 3.63) is 29.7 Å². The first kappa shape index (κ1) is 13.5. The fourth-order valence-corrected chi connectivity index (χ4v) is 1.89. The van der Waals surface area contributed by atoms with Crippen LogP contribution in [0.15, 0.2) is 22.6 Å². The SMILES string of the molecule is CCc1ccc(-c2nc(CC(C)C)cc(NN)n2)o1. The van der Waals surface area contributed by atoms with Crippen LogP contribution >= 0.6 is 0 Å². The van der Waals surface area contributed by atoms with E-state index in [1.54, 1.807) is 0 Å². The molecule has 0 aromatic carbocycles. The highest BCUT2D eigenvalue weighted by atomic mass is 16.3. The van der Waals surface area contributed by atoms with Gasteiger partial charge in [0.1, 0.15) is 11.6 Å². The Bertz CT molecular complexity index is 548. The molecular formula is C14H20N4O. The van der Waals surface area contributed by atoms with E-state index in [4.69, 9.17) is 10.3 Å². The van der Waals surface area contributed by atoms with E-state index in [1.165, 1.54) is 0 Å². The molecule has 0 amide bonds. The molecule has 0 aliphatic rings. The zero-order chi connectivity index (χ0) is 13.8. The Morgan fingerprint density at radius 1 is 1.32 bits per heavy atom. The summed E-state index contributed by atoms with van der Waals surface area (Å²) in [5, 5.41) is 0. The van der Waals surface area contributed by atoms with Gasteiger partial charge < -0.3 is 9.84 Å². The predicted octanol–water partition coefficient (Wildman–Crippen LogP) is 2.78. The summed E-state index contributed by atoms with van der Waals surface area (Å²) in [6.45, 7) is 6.35. The van der Waals surface area contributed by atoms with Gasteiger partial charge >= 0.3 is 0 Å². The van der Waals surface area contributed by atoms with Gasteiger partial charge in [-0.05, 0) is 24.5 Å². The van der Waals surface area contributed by atoms with Gasteiger partial charge in [-0.3, -0.25) is 0 Å². The van der Waals surface area contributed by atoms with Crippen LogP contribution in [0.2, 0.25) is 0 Å². The van der Waals surface area contributed by atoms with Crippen LogP contribution in [0.3, 0.4) is 0 Å². The molecular weight excluding hydrogens is 240 g/mol. The molecule has 102 valence electrons. The minimum absolute atomic E-state index is 0.524. The number of nitrogen functional groups attached to an aromatic ring is 1. The fraction of sp³-hybridized carbons (Fsp3) is 0.429. The third kappa shape index (κ3) is 3.32. The van der Waals surface area contributed by atoms with Crippen molar-refractivity contribution in [1.29, 1.82) is 0 Å². The number of hydrazine groups is 1. The lowest BCUT2D eigenvalue weighted by molar-refractivity contribution is 0.524. The number of aromatic nitrogens is 2. The molecule has 0 aliphatic carbocycles.